The molecule has 0 heterocycles. The topological polar surface area (TPSA) is 69.6 Å². The fourth-order valence-electron chi connectivity index (χ4n) is 1.22. The molecule has 0 aromatic rings. The lowest BCUT2D eigenvalue weighted by Gasteiger charge is -2.27. The Kier molecular flexibility index (Phi) is 6.47. The minimum atomic E-state index is -3.45. The molecule has 0 aliphatic rings. The first kappa shape index (κ1) is 15.8. The van der Waals surface area contributed by atoms with Gasteiger partial charge in [0.05, 0.1) is 0 Å². The van der Waals surface area contributed by atoms with E-state index in [-0.39, 0.29) is 24.6 Å². The average Bonchev–Trinajstić information content (AvgIpc) is 2.15. The number of hydrogen-bond acceptors (Lipinski definition) is 3. The molecule has 6 heteroatoms. The van der Waals surface area contributed by atoms with Crippen molar-refractivity contribution in [1.29, 1.82) is 0 Å². The Morgan fingerprint density at radius 1 is 1.25 bits per heavy atom. The third-order valence-electron chi connectivity index (χ3n) is 2.65. The molecule has 2 N–H and O–H groups in total. The number of hydrogen-bond donors (Lipinski definition) is 2. The molecule has 0 saturated carbocycles. The third kappa shape index (κ3) is 4.78. The minimum Gasteiger partial charge on any atom is -0.396 e. The molecule has 0 spiro atoms. The van der Waals surface area contributed by atoms with Crippen LogP contribution in [0.5, 0.6) is 0 Å². The molecule has 0 aliphatic heterocycles. The Morgan fingerprint density at radius 3 is 2.06 bits per heavy atom. The van der Waals surface area contributed by atoms with E-state index in [0.29, 0.717) is 6.42 Å². The molecule has 0 rings (SSSR count). The molecule has 0 aliphatic carbocycles. The second-order valence-corrected chi connectivity index (χ2v) is 6.36. The summed E-state index contributed by atoms with van der Waals surface area (Å²) in [4.78, 5) is 0. The van der Waals surface area contributed by atoms with Crippen LogP contribution in [0.15, 0.2) is 0 Å². The van der Waals surface area contributed by atoms with Gasteiger partial charge in [-0.15, -0.1) is 0 Å². The van der Waals surface area contributed by atoms with Crippen molar-refractivity contribution in [2.75, 3.05) is 13.7 Å². The zero-order valence-corrected chi connectivity index (χ0v) is 11.6. The maximum absolute atomic E-state index is 11.9. The summed E-state index contributed by atoms with van der Waals surface area (Å²) in [5, 5.41) is 8.88. The van der Waals surface area contributed by atoms with Gasteiger partial charge in [-0.25, -0.2) is 0 Å². The highest BCUT2D eigenvalue weighted by Crippen LogP contribution is 2.10. The Bertz CT molecular complexity index is 288. The van der Waals surface area contributed by atoms with E-state index < -0.39 is 10.2 Å². The molecule has 0 aromatic carbocycles. The maximum atomic E-state index is 11.9. The van der Waals surface area contributed by atoms with Crippen molar-refractivity contribution in [2.24, 2.45) is 5.92 Å². The monoisotopic (exact) mass is 252 g/mol. The number of nitrogens with one attached hydrogen (secondary N) is 1. The molecular weight excluding hydrogens is 228 g/mol. The smallest absolute Gasteiger partial charge is 0.279 e. The molecule has 0 fully saturated rings. The number of rotatable bonds is 7. The number of aliphatic hydroxyl groups excluding tert-OH is 1. The van der Waals surface area contributed by atoms with Gasteiger partial charge in [0.2, 0.25) is 0 Å². The van der Waals surface area contributed by atoms with Crippen molar-refractivity contribution >= 4 is 10.2 Å². The minimum absolute atomic E-state index is 0.0171. The van der Waals surface area contributed by atoms with E-state index in [0.717, 1.165) is 0 Å². The van der Waals surface area contributed by atoms with Crippen molar-refractivity contribution in [2.45, 2.75) is 46.2 Å². The molecule has 98 valence electrons. The van der Waals surface area contributed by atoms with Crippen molar-refractivity contribution < 1.29 is 13.5 Å². The van der Waals surface area contributed by atoms with Gasteiger partial charge in [-0.3, -0.25) is 0 Å². The summed E-state index contributed by atoms with van der Waals surface area (Å²) >= 11 is 0. The largest absolute Gasteiger partial charge is 0.396 e. The standard InChI is InChI=1S/C10H24N2O3S/c1-8(2)10(6-7-13)11-16(14,15)12(5)9(3)4/h8-11,13H,6-7H2,1-5H3. The second kappa shape index (κ2) is 6.54. The Morgan fingerprint density at radius 2 is 1.75 bits per heavy atom. The molecule has 5 nitrogen and oxygen atoms in total. The van der Waals surface area contributed by atoms with E-state index in [1.54, 1.807) is 7.05 Å². The molecule has 0 amide bonds. The first-order chi connectivity index (χ1) is 7.22. The van der Waals surface area contributed by atoms with Crippen molar-refractivity contribution in [1.82, 2.24) is 9.03 Å². The summed E-state index contributed by atoms with van der Waals surface area (Å²) in [5.74, 6) is 0.155. The fraction of sp³-hybridized carbons (Fsp3) is 1.00. The normalized spacial score (nSPS) is 15.1. The van der Waals surface area contributed by atoms with Crippen LogP contribution in [0.4, 0.5) is 0 Å². The van der Waals surface area contributed by atoms with Crippen molar-refractivity contribution in [3.63, 3.8) is 0 Å². The fourth-order valence-corrected chi connectivity index (χ4v) is 2.71. The Hall–Kier alpha value is -0.170. The van der Waals surface area contributed by atoms with Gasteiger partial charge < -0.3 is 5.11 Å². The first-order valence-corrected chi connectivity index (χ1v) is 7.02. The van der Waals surface area contributed by atoms with E-state index in [1.165, 1.54) is 4.31 Å². The number of nitrogens with zero attached hydrogens (tertiary/aromatic N) is 1. The third-order valence-corrected chi connectivity index (χ3v) is 4.43. The van der Waals surface area contributed by atoms with Gasteiger partial charge in [0.25, 0.3) is 10.2 Å². The second-order valence-electron chi connectivity index (χ2n) is 4.60. The molecule has 0 aromatic heterocycles. The van der Waals surface area contributed by atoms with Crippen molar-refractivity contribution in [3.05, 3.63) is 0 Å². The summed E-state index contributed by atoms with van der Waals surface area (Å²) in [6.07, 6.45) is 0.433. The molecule has 16 heavy (non-hydrogen) atoms. The van der Waals surface area contributed by atoms with Crippen LogP contribution in [0.3, 0.4) is 0 Å². The van der Waals surface area contributed by atoms with Crippen molar-refractivity contribution in [3.8, 4) is 0 Å². The van der Waals surface area contributed by atoms with Crippen LogP contribution in [0, 0.1) is 5.92 Å². The lowest BCUT2D eigenvalue weighted by molar-refractivity contribution is 0.253. The molecule has 1 atom stereocenters. The molecule has 1 unspecified atom stereocenters. The van der Waals surface area contributed by atoms with E-state index in [1.807, 2.05) is 27.7 Å². The van der Waals surface area contributed by atoms with Gasteiger partial charge in [0.15, 0.2) is 0 Å². The van der Waals surface area contributed by atoms with Crippen LogP contribution >= 0.6 is 0 Å². The highest BCUT2D eigenvalue weighted by Gasteiger charge is 2.25. The number of aliphatic hydroxyl groups is 1. The van der Waals surface area contributed by atoms with Crippen LogP contribution in [-0.4, -0.2) is 43.6 Å². The summed E-state index contributed by atoms with van der Waals surface area (Å²) in [5.41, 5.74) is 0. The van der Waals surface area contributed by atoms with Gasteiger partial charge in [-0.2, -0.15) is 17.4 Å². The zero-order chi connectivity index (χ0) is 12.9. The summed E-state index contributed by atoms with van der Waals surface area (Å²) in [7, 11) is -1.91. The molecule has 0 saturated heterocycles. The lowest BCUT2D eigenvalue weighted by Crippen LogP contribution is -2.48. The van der Waals surface area contributed by atoms with Crippen LogP contribution in [0.25, 0.3) is 0 Å². The molecule has 0 radical (unpaired) electrons. The molecule has 0 bridgehead atoms. The van der Waals surface area contributed by atoms with Crippen LogP contribution in [0.2, 0.25) is 0 Å². The summed E-state index contributed by atoms with van der Waals surface area (Å²) in [6.45, 7) is 7.47. The maximum Gasteiger partial charge on any atom is 0.279 e. The van der Waals surface area contributed by atoms with Gasteiger partial charge >= 0.3 is 0 Å². The summed E-state index contributed by atoms with van der Waals surface area (Å²) in [6, 6.07) is -0.310. The highest BCUT2D eigenvalue weighted by atomic mass is 32.2. The van der Waals surface area contributed by atoms with E-state index in [4.69, 9.17) is 5.11 Å². The highest BCUT2D eigenvalue weighted by molar-refractivity contribution is 7.87. The predicted octanol–water partition coefficient (Wildman–Crippen LogP) is 0.568. The Balaban J connectivity index is 4.66. The van der Waals surface area contributed by atoms with Gasteiger partial charge in [0.1, 0.15) is 0 Å². The van der Waals surface area contributed by atoms with E-state index in [9.17, 15) is 8.42 Å². The average molecular weight is 252 g/mol. The van der Waals surface area contributed by atoms with Gasteiger partial charge in [-0.05, 0) is 26.2 Å². The van der Waals surface area contributed by atoms with Crippen LogP contribution in [-0.2, 0) is 10.2 Å². The first-order valence-electron chi connectivity index (χ1n) is 5.58. The zero-order valence-electron chi connectivity index (χ0n) is 10.8. The van der Waals surface area contributed by atoms with Crippen LogP contribution in [0.1, 0.15) is 34.1 Å². The SMILES string of the molecule is CC(C)C(CCO)NS(=O)(=O)N(C)C(C)C. The predicted molar refractivity (Wildman–Crippen MR) is 65.3 cm³/mol. The lowest BCUT2D eigenvalue weighted by atomic mass is 10.0. The summed E-state index contributed by atoms with van der Waals surface area (Å²) < 4.78 is 27.7. The van der Waals surface area contributed by atoms with E-state index >= 15 is 0 Å². The quantitative estimate of drug-likeness (QED) is 0.696. The molecular formula is C10H24N2O3S. The van der Waals surface area contributed by atoms with E-state index in [2.05, 4.69) is 4.72 Å². The van der Waals surface area contributed by atoms with Gasteiger partial charge in [0, 0.05) is 25.7 Å². The Labute approximate surface area is 99.0 Å². The van der Waals surface area contributed by atoms with Gasteiger partial charge in [-0.1, -0.05) is 13.8 Å². The van der Waals surface area contributed by atoms with Crippen LogP contribution < -0.4 is 4.72 Å².